The number of rotatable bonds is 1. The van der Waals surface area contributed by atoms with Gasteiger partial charge in [0.15, 0.2) is 0 Å². The Morgan fingerprint density at radius 2 is 2.33 bits per heavy atom. The quantitative estimate of drug-likeness (QED) is 0.560. The van der Waals surface area contributed by atoms with Gasteiger partial charge in [-0.1, -0.05) is 13.8 Å². The lowest BCUT2D eigenvalue weighted by atomic mass is 10.1. The lowest BCUT2D eigenvalue weighted by Crippen LogP contribution is -2.19. The van der Waals surface area contributed by atoms with Gasteiger partial charge in [0.2, 0.25) is 0 Å². The fraction of sp³-hybridized carbons (Fsp3) is 1.00. The molecule has 2 heteroatoms. The average Bonchev–Trinajstić information content (AvgIpc) is 1.90. The highest BCUT2D eigenvalue weighted by molar-refractivity contribution is 7.99. The second kappa shape index (κ2) is 3.47. The van der Waals surface area contributed by atoms with Crippen molar-refractivity contribution >= 4 is 11.8 Å². The van der Waals surface area contributed by atoms with E-state index in [9.17, 15) is 0 Å². The Kier molecular flexibility index (Phi) is 2.86. The zero-order valence-corrected chi connectivity index (χ0v) is 6.91. The molecule has 1 heterocycles. The van der Waals surface area contributed by atoms with Crippen molar-refractivity contribution in [2.24, 2.45) is 5.92 Å². The van der Waals surface area contributed by atoms with Crippen molar-refractivity contribution < 1.29 is 4.74 Å². The summed E-state index contributed by atoms with van der Waals surface area (Å²) in [5, 5.41) is 0.846. The molecule has 1 rings (SSSR count). The van der Waals surface area contributed by atoms with Crippen molar-refractivity contribution in [3.05, 3.63) is 0 Å². The molecule has 1 saturated heterocycles. The van der Waals surface area contributed by atoms with Crippen molar-refractivity contribution in [2.75, 3.05) is 12.5 Å². The second-order valence-electron chi connectivity index (χ2n) is 2.76. The molecule has 0 radical (unpaired) electrons. The molecule has 0 aromatic carbocycles. The van der Waals surface area contributed by atoms with Crippen molar-refractivity contribution in [1.29, 1.82) is 0 Å². The Labute approximate surface area is 61.2 Å². The minimum atomic E-state index is 0.818. The van der Waals surface area contributed by atoms with Gasteiger partial charge in [-0.15, -0.1) is 11.8 Å². The van der Waals surface area contributed by atoms with Gasteiger partial charge in [-0.05, 0) is 12.3 Å². The zero-order valence-electron chi connectivity index (χ0n) is 6.09. The maximum Gasteiger partial charge on any atom is 0.0923 e. The van der Waals surface area contributed by atoms with Crippen molar-refractivity contribution in [2.45, 2.75) is 25.5 Å². The summed E-state index contributed by atoms with van der Waals surface area (Å²) in [5.74, 6) is 1.72. The zero-order chi connectivity index (χ0) is 6.69. The van der Waals surface area contributed by atoms with Crippen LogP contribution in [0.5, 0.6) is 0 Å². The number of thioether (sulfide) groups is 1. The number of hydrogen-bond acceptors (Lipinski definition) is 2. The summed E-state index contributed by atoms with van der Waals surface area (Å²) >= 11 is 1.95. The summed E-state index contributed by atoms with van der Waals surface area (Å²) < 4.78 is 5.21. The molecule has 0 bridgehead atoms. The van der Waals surface area contributed by atoms with Crippen LogP contribution in [0.2, 0.25) is 0 Å². The fourth-order valence-corrected chi connectivity index (χ4v) is 2.04. The van der Waals surface area contributed by atoms with E-state index in [1.165, 1.54) is 6.42 Å². The molecule has 0 N–H and O–H groups in total. The summed E-state index contributed by atoms with van der Waals surface area (Å²) in [6, 6.07) is 0. The van der Waals surface area contributed by atoms with Gasteiger partial charge in [0.1, 0.15) is 0 Å². The number of ether oxygens (including phenoxy) is 1. The molecular formula is C7H14OS. The Morgan fingerprint density at radius 1 is 1.56 bits per heavy atom. The molecule has 0 spiro atoms. The highest BCUT2D eigenvalue weighted by Crippen LogP contribution is 2.26. The monoisotopic (exact) mass is 146 g/mol. The maximum absolute atomic E-state index is 5.21. The van der Waals surface area contributed by atoms with Crippen LogP contribution in [-0.2, 0) is 4.74 Å². The third-order valence-corrected chi connectivity index (χ3v) is 3.17. The fourth-order valence-electron chi connectivity index (χ4n) is 1.00. The first-order valence-corrected chi connectivity index (χ1v) is 4.55. The second-order valence-corrected chi connectivity index (χ2v) is 3.94. The third kappa shape index (κ3) is 2.18. The lowest BCUT2D eigenvalue weighted by Gasteiger charge is -2.24. The molecule has 1 unspecified atom stereocenters. The first kappa shape index (κ1) is 7.42. The molecule has 9 heavy (non-hydrogen) atoms. The van der Waals surface area contributed by atoms with E-state index >= 15 is 0 Å². The maximum atomic E-state index is 5.21. The van der Waals surface area contributed by atoms with Crippen LogP contribution < -0.4 is 0 Å². The molecule has 0 aromatic rings. The minimum absolute atomic E-state index is 0.818. The molecule has 1 atom stereocenters. The molecule has 0 saturated carbocycles. The van der Waals surface area contributed by atoms with Crippen molar-refractivity contribution in [1.82, 2.24) is 0 Å². The van der Waals surface area contributed by atoms with Crippen LogP contribution in [0.15, 0.2) is 0 Å². The first-order valence-electron chi connectivity index (χ1n) is 3.50. The van der Waals surface area contributed by atoms with E-state index < -0.39 is 0 Å². The van der Waals surface area contributed by atoms with Crippen molar-refractivity contribution in [3.63, 3.8) is 0 Å². The molecule has 54 valence electrons. The average molecular weight is 146 g/mol. The van der Waals surface area contributed by atoms with Crippen LogP contribution in [0.3, 0.4) is 0 Å². The van der Waals surface area contributed by atoms with Crippen LogP contribution >= 0.6 is 11.8 Å². The summed E-state index contributed by atoms with van der Waals surface area (Å²) in [4.78, 5) is 0. The molecule has 1 fully saturated rings. The third-order valence-electron chi connectivity index (χ3n) is 1.66. The van der Waals surface area contributed by atoms with E-state index in [-0.39, 0.29) is 0 Å². The van der Waals surface area contributed by atoms with Gasteiger partial charge in [0, 0.05) is 11.9 Å². The van der Waals surface area contributed by atoms with Gasteiger partial charge < -0.3 is 4.74 Å². The van der Waals surface area contributed by atoms with Gasteiger partial charge in [-0.25, -0.2) is 0 Å². The molecule has 1 aliphatic heterocycles. The van der Waals surface area contributed by atoms with E-state index in [1.54, 1.807) is 0 Å². The Bertz CT molecular complexity index is 77.0. The topological polar surface area (TPSA) is 9.23 Å². The summed E-state index contributed by atoms with van der Waals surface area (Å²) in [6.07, 6.45) is 1.24. The Hall–Kier alpha value is 0.310. The van der Waals surface area contributed by atoms with E-state index in [2.05, 4.69) is 13.8 Å². The first-order chi connectivity index (χ1) is 4.30. The van der Waals surface area contributed by atoms with Crippen LogP contribution in [0.4, 0.5) is 0 Å². The molecule has 0 amide bonds. The summed E-state index contributed by atoms with van der Waals surface area (Å²) in [7, 11) is 0. The normalized spacial score (nSPS) is 29.0. The van der Waals surface area contributed by atoms with Gasteiger partial charge in [0.25, 0.3) is 0 Å². The summed E-state index contributed by atoms with van der Waals surface area (Å²) in [5.41, 5.74) is 0. The smallest absolute Gasteiger partial charge is 0.0923 e. The van der Waals surface area contributed by atoms with E-state index in [4.69, 9.17) is 4.74 Å². The highest BCUT2D eigenvalue weighted by Gasteiger charge is 2.16. The standard InChI is InChI=1S/C7H14OS/c1-6(2)7-3-4-8-5-9-7/h6-7H,3-5H2,1-2H3. The van der Waals surface area contributed by atoms with E-state index in [0.29, 0.717) is 0 Å². The molecule has 1 aliphatic rings. The molecule has 0 aliphatic carbocycles. The summed E-state index contributed by atoms with van der Waals surface area (Å²) in [6.45, 7) is 5.53. The predicted octanol–water partition coefficient (Wildman–Crippen LogP) is 2.12. The van der Waals surface area contributed by atoms with Crippen LogP contribution in [0.1, 0.15) is 20.3 Å². The van der Waals surface area contributed by atoms with Crippen molar-refractivity contribution in [3.8, 4) is 0 Å². The Morgan fingerprint density at radius 3 is 2.67 bits per heavy atom. The van der Waals surface area contributed by atoms with Gasteiger partial charge >= 0.3 is 0 Å². The SMILES string of the molecule is CC(C)C1CCOCS1. The predicted molar refractivity (Wildman–Crippen MR) is 41.7 cm³/mol. The van der Waals surface area contributed by atoms with Gasteiger partial charge in [0.05, 0.1) is 5.94 Å². The van der Waals surface area contributed by atoms with Crippen LogP contribution in [0, 0.1) is 5.92 Å². The van der Waals surface area contributed by atoms with Gasteiger partial charge in [-0.2, -0.15) is 0 Å². The molecular weight excluding hydrogens is 132 g/mol. The van der Waals surface area contributed by atoms with E-state index in [1.807, 2.05) is 11.8 Å². The van der Waals surface area contributed by atoms with Crippen LogP contribution in [-0.4, -0.2) is 17.8 Å². The van der Waals surface area contributed by atoms with Crippen LogP contribution in [0.25, 0.3) is 0 Å². The number of hydrogen-bond donors (Lipinski definition) is 0. The largest absolute Gasteiger partial charge is 0.371 e. The van der Waals surface area contributed by atoms with Gasteiger partial charge in [-0.3, -0.25) is 0 Å². The molecule has 1 nitrogen and oxygen atoms in total. The lowest BCUT2D eigenvalue weighted by molar-refractivity contribution is 0.163. The Balaban J connectivity index is 2.23. The molecule has 0 aromatic heterocycles. The van der Waals surface area contributed by atoms with E-state index in [0.717, 1.165) is 23.7 Å². The highest BCUT2D eigenvalue weighted by atomic mass is 32.2. The minimum Gasteiger partial charge on any atom is -0.371 e.